The fraction of sp³-hybridized carbons (Fsp3) is 0.333. The fourth-order valence-corrected chi connectivity index (χ4v) is 3.01. The van der Waals surface area contributed by atoms with Crippen LogP contribution in [-0.4, -0.2) is 30.0 Å². The maximum absolute atomic E-state index is 12.1. The second-order valence-electron chi connectivity index (χ2n) is 5.57. The number of aromatic nitrogens is 1. The van der Waals surface area contributed by atoms with Gasteiger partial charge in [-0.05, 0) is 32.4 Å². The largest absolute Gasteiger partial charge is 0.482 e. The first-order valence-electron chi connectivity index (χ1n) is 7.60. The van der Waals surface area contributed by atoms with Crippen LogP contribution in [0.1, 0.15) is 27.7 Å². The number of carbonyl (C=O) groups excluding carboxylic acids is 2. The minimum atomic E-state index is -1.02. The summed E-state index contributed by atoms with van der Waals surface area (Å²) in [5.41, 5.74) is 2.75. The van der Waals surface area contributed by atoms with Crippen LogP contribution in [0.3, 0.4) is 0 Å². The summed E-state index contributed by atoms with van der Waals surface area (Å²) in [4.78, 5) is 28.0. The predicted molar refractivity (Wildman–Crippen MR) is 92.6 cm³/mol. The Morgan fingerprint density at radius 1 is 1.28 bits per heavy atom. The molecule has 6 nitrogen and oxygen atoms in total. The van der Waals surface area contributed by atoms with Gasteiger partial charge in [-0.15, -0.1) is 11.3 Å². The zero-order chi connectivity index (χ0) is 18.4. The molecule has 1 atom stereocenters. The molecule has 0 N–H and O–H groups in total. The van der Waals surface area contributed by atoms with Gasteiger partial charge in [0.15, 0.2) is 24.9 Å². The van der Waals surface area contributed by atoms with Crippen LogP contribution in [0.5, 0.6) is 5.75 Å². The van der Waals surface area contributed by atoms with Crippen molar-refractivity contribution in [1.29, 1.82) is 5.26 Å². The third-order valence-corrected chi connectivity index (χ3v) is 4.41. The van der Waals surface area contributed by atoms with Crippen molar-refractivity contribution in [3.05, 3.63) is 45.4 Å². The highest BCUT2D eigenvalue weighted by Gasteiger charge is 2.24. The van der Waals surface area contributed by atoms with E-state index in [-0.39, 0.29) is 6.61 Å². The highest BCUT2D eigenvalue weighted by Crippen LogP contribution is 2.21. The first-order chi connectivity index (χ1) is 11.9. The van der Waals surface area contributed by atoms with E-state index in [1.807, 2.05) is 32.0 Å². The summed E-state index contributed by atoms with van der Waals surface area (Å²) < 4.78 is 10.3. The molecule has 2 aromatic rings. The molecule has 1 aromatic heterocycles. The number of aryl methyl sites for hydroxylation is 3. The van der Waals surface area contributed by atoms with Gasteiger partial charge in [-0.1, -0.05) is 17.7 Å². The van der Waals surface area contributed by atoms with Gasteiger partial charge in [-0.2, -0.15) is 5.26 Å². The van der Waals surface area contributed by atoms with Crippen molar-refractivity contribution in [1.82, 2.24) is 4.98 Å². The molecule has 0 radical (unpaired) electrons. The zero-order valence-corrected chi connectivity index (χ0v) is 15.1. The molecule has 0 unspecified atom stereocenters. The van der Waals surface area contributed by atoms with Crippen LogP contribution in [-0.2, 0) is 14.3 Å². The van der Waals surface area contributed by atoms with E-state index in [0.29, 0.717) is 10.8 Å². The Balaban J connectivity index is 1.84. The Morgan fingerprint density at radius 3 is 2.64 bits per heavy atom. The molecule has 7 heteroatoms. The van der Waals surface area contributed by atoms with Gasteiger partial charge in [0.05, 0.1) is 6.07 Å². The lowest BCUT2D eigenvalue weighted by Crippen LogP contribution is -2.23. The normalized spacial score (nSPS) is 11.4. The van der Waals surface area contributed by atoms with Crippen LogP contribution < -0.4 is 4.74 Å². The lowest BCUT2D eigenvalue weighted by molar-refractivity contribution is -0.150. The standard InChI is InChI=1S/C18H18N2O4S/c1-11-4-5-16(12(2)6-11)23-9-17(22)24-8-15(21)14(7-19)18-20-13(3)10-25-18/h4-6,10,14H,8-9H2,1-3H3/t14-/m1/s1. The quantitative estimate of drug-likeness (QED) is 0.707. The Hall–Kier alpha value is -2.72. The summed E-state index contributed by atoms with van der Waals surface area (Å²) in [7, 11) is 0. The summed E-state index contributed by atoms with van der Waals surface area (Å²) in [5, 5.41) is 11.3. The summed E-state index contributed by atoms with van der Waals surface area (Å²) in [6.45, 7) is 4.84. The molecule has 0 fully saturated rings. The van der Waals surface area contributed by atoms with Crippen LogP contribution in [0.4, 0.5) is 0 Å². The van der Waals surface area contributed by atoms with Crippen molar-refractivity contribution in [3.63, 3.8) is 0 Å². The maximum Gasteiger partial charge on any atom is 0.344 e. The summed E-state index contributed by atoms with van der Waals surface area (Å²) in [6, 6.07) is 7.50. The molecule has 0 spiro atoms. The van der Waals surface area contributed by atoms with Gasteiger partial charge in [0.25, 0.3) is 0 Å². The summed E-state index contributed by atoms with van der Waals surface area (Å²) >= 11 is 1.24. The zero-order valence-electron chi connectivity index (χ0n) is 14.2. The van der Waals surface area contributed by atoms with E-state index >= 15 is 0 Å². The van der Waals surface area contributed by atoms with Gasteiger partial charge in [-0.25, -0.2) is 9.78 Å². The molecule has 0 amide bonds. The predicted octanol–water partition coefficient (Wildman–Crippen LogP) is 2.87. The van der Waals surface area contributed by atoms with Crippen molar-refractivity contribution < 1.29 is 19.1 Å². The van der Waals surface area contributed by atoms with E-state index < -0.39 is 24.3 Å². The van der Waals surface area contributed by atoms with E-state index in [2.05, 4.69) is 4.98 Å². The molecule has 2 rings (SSSR count). The molecule has 0 aliphatic rings. The second kappa shape index (κ2) is 8.40. The second-order valence-corrected chi connectivity index (χ2v) is 6.46. The van der Waals surface area contributed by atoms with Crippen LogP contribution in [0.2, 0.25) is 0 Å². The Bertz CT molecular complexity index is 823. The smallest absolute Gasteiger partial charge is 0.344 e. The number of carbonyl (C=O) groups is 2. The third-order valence-electron chi connectivity index (χ3n) is 3.39. The molecule has 0 saturated heterocycles. The van der Waals surface area contributed by atoms with Crippen molar-refractivity contribution in [3.8, 4) is 11.8 Å². The van der Waals surface area contributed by atoms with Crippen molar-refractivity contribution in [2.24, 2.45) is 0 Å². The third kappa shape index (κ3) is 5.13. The SMILES string of the molecule is Cc1ccc(OCC(=O)OCC(=O)[C@@H](C#N)c2nc(C)cs2)c(C)c1. The molecule has 0 aliphatic carbocycles. The molecule has 0 bridgehead atoms. The summed E-state index contributed by atoms with van der Waals surface area (Å²) in [6.07, 6.45) is 0. The highest BCUT2D eigenvalue weighted by molar-refractivity contribution is 7.09. The number of Topliss-reactive ketones (excluding diaryl/α,β-unsaturated/α-hetero) is 1. The number of rotatable bonds is 7. The summed E-state index contributed by atoms with van der Waals surface area (Å²) in [5.74, 6) is -1.61. The van der Waals surface area contributed by atoms with Gasteiger partial charge in [0.2, 0.25) is 0 Å². The van der Waals surface area contributed by atoms with Crippen molar-refractivity contribution >= 4 is 23.1 Å². The Labute approximate surface area is 150 Å². The van der Waals surface area contributed by atoms with Crippen molar-refractivity contribution in [2.75, 3.05) is 13.2 Å². The minimum absolute atomic E-state index is 0.301. The number of ketones is 1. The average molecular weight is 358 g/mol. The number of benzene rings is 1. The first kappa shape index (κ1) is 18.6. The van der Waals surface area contributed by atoms with Crippen LogP contribution >= 0.6 is 11.3 Å². The monoisotopic (exact) mass is 358 g/mol. The molecular weight excluding hydrogens is 340 g/mol. The Kier molecular flexibility index (Phi) is 6.25. The number of esters is 1. The molecular formula is C18H18N2O4S. The van der Waals surface area contributed by atoms with Gasteiger partial charge < -0.3 is 9.47 Å². The highest BCUT2D eigenvalue weighted by atomic mass is 32.1. The van der Waals surface area contributed by atoms with Gasteiger partial charge in [0, 0.05) is 11.1 Å². The van der Waals surface area contributed by atoms with Crippen LogP contribution in [0, 0.1) is 32.1 Å². The van der Waals surface area contributed by atoms with Gasteiger partial charge in [-0.3, -0.25) is 4.79 Å². The number of nitrogens with zero attached hydrogens (tertiary/aromatic N) is 2. The molecule has 25 heavy (non-hydrogen) atoms. The molecule has 0 aliphatic heterocycles. The lowest BCUT2D eigenvalue weighted by atomic mass is 10.1. The molecule has 1 aromatic carbocycles. The number of ether oxygens (including phenoxy) is 2. The van der Waals surface area contributed by atoms with E-state index in [0.717, 1.165) is 16.8 Å². The Morgan fingerprint density at radius 2 is 2.04 bits per heavy atom. The van der Waals surface area contributed by atoms with Gasteiger partial charge in [0.1, 0.15) is 10.8 Å². The van der Waals surface area contributed by atoms with Crippen LogP contribution in [0.15, 0.2) is 23.6 Å². The van der Waals surface area contributed by atoms with E-state index in [4.69, 9.17) is 14.7 Å². The molecule has 0 saturated carbocycles. The van der Waals surface area contributed by atoms with E-state index in [9.17, 15) is 9.59 Å². The minimum Gasteiger partial charge on any atom is -0.482 e. The molecule has 1 heterocycles. The van der Waals surface area contributed by atoms with Crippen molar-refractivity contribution in [2.45, 2.75) is 26.7 Å². The number of nitriles is 1. The average Bonchev–Trinajstić information content (AvgIpc) is 2.99. The fourth-order valence-electron chi connectivity index (χ4n) is 2.14. The number of hydrogen-bond acceptors (Lipinski definition) is 7. The molecule has 130 valence electrons. The lowest BCUT2D eigenvalue weighted by Gasteiger charge is -2.10. The topological polar surface area (TPSA) is 89.3 Å². The first-order valence-corrected chi connectivity index (χ1v) is 8.48. The van der Waals surface area contributed by atoms with Gasteiger partial charge >= 0.3 is 5.97 Å². The van der Waals surface area contributed by atoms with E-state index in [1.54, 1.807) is 18.4 Å². The van der Waals surface area contributed by atoms with Crippen LogP contribution in [0.25, 0.3) is 0 Å². The maximum atomic E-state index is 12.1. The number of hydrogen-bond donors (Lipinski definition) is 0. The van der Waals surface area contributed by atoms with E-state index in [1.165, 1.54) is 11.3 Å². The number of thiazole rings is 1.